The van der Waals surface area contributed by atoms with Gasteiger partial charge in [0.05, 0.1) is 11.3 Å². The van der Waals surface area contributed by atoms with Crippen LogP contribution in [0.5, 0.6) is 0 Å². The van der Waals surface area contributed by atoms with Gasteiger partial charge >= 0.3 is 0 Å². The number of halogens is 1. The Balaban J connectivity index is 1.72. The highest BCUT2D eigenvalue weighted by molar-refractivity contribution is 5.99. The highest BCUT2D eigenvalue weighted by Gasteiger charge is 2.20. The highest BCUT2D eigenvalue weighted by atomic mass is 19.1. The largest absolute Gasteiger partial charge is 0.381 e. The Morgan fingerprint density at radius 2 is 2.25 bits per heavy atom. The van der Waals surface area contributed by atoms with E-state index in [1.807, 2.05) is 0 Å². The fourth-order valence-electron chi connectivity index (χ4n) is 1.87. The summed E-state index contributed by atoms with van der Waals surface area (Å²) < 4.78 is 18.9. The second-order valence-electron chi connectivity index (χ2n) is 4.93. The molecule has 0 heterocycles. The van der Waals surface area contributed by atoms with E-state index < -0.39 is 5.82 Å². The molecule has 0 atom stereocenters. The van der Waals surface area contributed by atoms with Crippen LogP contribution in [0.25, 0.3) is 0 Å². The normalized spacial score (nSPS) is 14.1. The summed E-state index contributed by atoms with van der Waals surface area (Å²) in [7, 11) is 0. The summed E-state index contributed by atoms with van der Waals surface area (Å²) in [6, 6.07) is 4.25. The van der Waals surface area contributed by atoms with Gasteiger partial charge in [-0.2, -0.15) is 0 Å². The third-order valence-corrected chi connectivity index (χ3v) is 3.20. The zero-order valence-corrected chi connectivity index (χ0v) is 11.3. The number of benzene rings is 1. The van der Waals surface area contributed by atoms with Gasteiger partial charge in [-0.3, -0.25) is 10.6 Å². The van der Waals surface area contributed by atoms with Crippen molar-refractivity contribution in [3.05, 3.63) is 29.6 Å². The Morgan fingerprint density at radius 1 is 1.45 bits per heavy atom. The van der Waals surface area contributed by atoms with Crippen LogP contribution in [0.3, 0.4) is 0 Å². The van der Waals surface area contributed by atoms with Crippen molar-refractivity contribution >= 4 is 11.6 Å². The summed E-state index contributed by atoms with van der Waals surface area (Å²) in [5.41, 5.74) is 2.42. The Labute approximate surface area is 117 Å². The molecule has 1 aromatic carbocycles. The molecule has 1 fully saturated rings. The van der Waals surface area contributed by atoms with Crippen LogP contribution in [-0.4, -0.2) is 25.7 Å². The minimum absolute atomic E-state index is 0.00924. The Morgan fingerprint density at radius 3 is 2.95 bits per heavy atom. The molecule has 1 aliphatic carbocycles. The van der Waals surface area contributed by atoms with Crippen LogP contribution in [-0.2, 0) is 4.74 Å². The summed E-state index contributed by atoms with van der Waals surface area (Å²) >= 11 is 0. The van der Waals surface area contributed by atoms with Crippen LogP contribution >= 0.6 is 0 Å². The Kier molecular flexibility index (Phi) is 5.31. The number of nitrogens with one attached hydrogen (secondary N) is 2. The average molecular weight is 281 g/mol. The number of carbonyl (C=O) groups is 1. The van der Waals surface area contributed by atoms with Gasteiger partial charge < -0.3 is 15.5 Å². The number of nitrogen functional groups attached to an aromatic ring is 1. The molecule has 110 valence electrons. The zero-order valence-electron chi connectivity index (χ0n) is 11.3. The molecule has 0 unspecified atom stereocenters. The molecule has 1 amide bonds. The molecule has 0 spiro atoms. The van der Waals surface area contributed by atoms with Gasteiger partial charge in [0.25, 0.3) is 5.91 Å². The number of nitrogens with two attached hydrogens (primary N) is 1. The van der Waals surface area contributed by atoms with Gasteiger partial charge in [0, 0.05) is 19.8 Å². The molecule has 1 aliphatic rings. The quantitative estimate of drug-likeness (QED) is 0.385. The van der Waals surface area contributed by atoms with Gasteiger partial charge in [-0.1, -0.05) is 6.07 Å². The number of hydrogen-bond acceptors (Lipinski definition) is 4. The van der Waals surface area contributed by atoms with Crippen LogP contribution in [0, 0.1) is 11.7 Å². The molecular formula is C14H20FN3O2. The van der Waals surface area contributed by atoms with Crippen molar-refractivity contribution in [2.45, 2.75) is 19.3 Å². The lowest BCUT2D eigenvalue weighted by Crippen LogP contribution is -2.27. The third-order valence-electron chi connectivity index (χ3n) is 3.20. The number of anilines is 1. The second-order valence-corrected chi connectivity index (χ2v) is 4.93. The number of carbonyl (C=O) groups excluding carboxylic acids is 1. The lowest BCUT2D eigenvalue weighted by atomic mass is 10.1. The van der Waals surface area contributed by atoms with Crippen LogP contribution in [0.4, 0.5) is 10.1 Å². The smallest absolute Gasteiger partial charge is 0.253 e. The number of para-hydroxylation sites is 1. The topological polar surface area (TPSA) is 76.4 Å². The number of hydrogen-bond donors (Lipinski definition) is 3. The van der Waals surface area contributed by atoms with E-state index in [0.717, 1.165) is 18.9 Å². The Hall–Kier alpha value is -1.66. The summed E-state index contributed by atoms with van der Waals surface area (Å²) in [6.07, 6.45) is 3.27. The monoisotopic (exact) mass is 281 g/mol. The average Bonchev–Trinajstić information content (AvgIpc) is 3.26. The van der Waals surface area contributed by atoms with Crippen molar-refractivity contribution in [2.24, 2.45) is 11.8 Å². The molecule has 2 rings (SSSR count). The predicted octanol–water partition coefficient (Wildman–Crippen LogP) is 1.66. The summed E-state index contributed by atoms with van der Waals surface area (Å²) in [5.74, 6) is 5.08. The van der Waals surface area contributed by atoms with Gasteiger partial charge in [0.2, 0.25) is 0 Å². The van der Waals surface area contributed by atoms with E-state index in [1.54, 1.807) is 0 Å². The number of hydrazine groups is 1. The van der Waals surface area contributed by atoms with Gasteiger partial charge in [-0.05, 0) is 37.3 Å². The molecule has 0 aliphatic heterocycles. The van der Waals surface area contributed by atoms with Crippen LogP contribution in [0.2, 0.25) is 0 Å². The minimum atomic E-state index is -0.548. The minimum Gasteiger partial charge on any atom is -0.381 e. The fourth-order valence-corrected chi connectivity index (χ4v) is 1.87. The Bertz CT molecular complexity index is 464. The number of rotatable bonds is 8. The van der Waals surface area contributed by atoms with Crippen LogP contribution in [0.15, 0.2) is 18.2 Å². The van der Waals surface area contributed by atoms with Gasteiger partial charge in [0.15, 0.2) is 0 Å². The maximum Gasteiger partial charge on any atom is 0.253 e. The van der Waals surface area contributed by atoms with Crippen molar-refractivity contribution < 1.29 is 13.9 Å². The number of ether oxygens (including phenoxy) is 1. The van der Waals surface area contributed by atoms with Crippen molar-refractivity contribution in [3.8, 4) is 0 Å². The zero-order chi connectivity index (χ0) is 14.4. The van der Waals surface area contributed by atoms with E-state index in [-0.39, 0.29) is 17.2 Å². The van der Waals surface area contributed by atoms with E-state index in [9.17, 15) is 9.18 Å². The van der Waals surface area contributed by atoms with Crippen LogP contribution in [0.1, 0.15) is 29.6 Å². The van der Waals surface area contributed by atoms with Crippen molar-refractivity contribution in [1.82, 2.24) is 5.32 Å². The molecule has 20 heavy (non-hydrogen) atoms. The maximum absolute atomic E-state index is 13.4. The molecule has 1 saturated carbocycles. The van der Waals surface area contributed by atoms with Crippen LogP contribution < -0.4 is 16.6 Å². The first-order chi connectivity index (χ1) is 9.72. The molecule has 0 radical (unpaired) electrons. The molecule has 0 aromatic heterocycles. The SMILES string of the molecule is NNc1c(F)cccc1C(=O)NCCCOCC1CC1. The van der Waals surface area contributed by atoms with E-state index in [4.69, 9.17) is 10.6 Å². The molecule has 6 heteroatoms. The van der Waals surface area contributed by atoms with Gasteiger partial charge in [-0.25, -0.2) is 4.39 Å². The molecule has 1 aromatic rings. The van der Waals surface area contributed by atoms with Crippen molar-refractivity contribution in [2.75, 3.05) is 25.2 Å². The van der Waals surface area contributed by atoms with E-state index in [1.165, 1.54) is 31.0 Å². The van der Waals surface area contributed by atoms with Crippen molar-refractivity contribution in [3.63, 3.8) is 0 Å². The lowest BCUT2D eigenvalue weighted by Gasteiger charge is -2.10. The number of amides is 1. The molecule has 0 saturated heterocycles. The first-order valence-corrected chi connectivity index (χ1v) is 6.83. The molecule has 0 bridgehead atoms. The summed E-state index contributed by atoms with van der Waals surface area (Å²) in [6.45, 7) is 1.94. The van der Waals surface area contributed by atoms with E-state index >= 15 is 0 Å². The van der Waals surface area contributed by atoms with E-state index in [0.29, 0.717) is 13.2 Å². The summed E-state index contributed by atoms with van der Waals surface area (Å²) in [5, 5.41) is 2.72. The highest BCUT2D eigenvalue weighted by Crippen LogP contribution is 2.28. The first-order valence-electron chi connectivity index (χ1n) is 6.83. The standard InChI is InChI=1S/C14H20FN3O2/c15-12-4-1-3-11(13(12)18-16)14(19)17-7-2-8-20-9-10-5-6-10/h1,3-4,10,18H,2,5-9,16H2,(H,17,19). The molecular weight excluding hydrogens is 261 g/mol. The van der Waals surface area contributed by atoms with Gasteiger partial charge in [-0.15, -0.1) is 0 Å². The molecule has 4 N–H and O–H groups in total. The van der Waals surface area contributed by atoms with E-state index in [2.05, 4.69) is 10.7 Å². The van der Waals surface area contributed by atoms with Crippen molar-refractivity contribution in [1.29, 1.82) is 0 Å². The predicted molar refractivity (Wildman–Crippen MR) is 74.7 cm³/mol. The summed E-state index contributed by atoms with van der Waals surface area (Å²) in [4.78, 5) is 11.9. The lowest BCUT2D eigenvalue weighted by molar-refractivity contribution is 0.0937. The molecule has 5 nitrogen and oxygen atoms in total. The first kappa shape index (κ1) is 14.7. The second kappa shape index (κ2) is 7.21. The van der Waals surface area contributed by atoms with Gasteiger partial charge in [0.1, 0.15) is 5.82 Å². The fraction of sp³-hybridized carbons (Fsp3) is 0.500. The third kappa shape index (κ3) is 4.18. The maximum atomic E-state index is 13.4.